The summed E-state index contributed by atoms with van der Waals surface area (Å²) in [5.74, 6) is -1.41. The summed E-state index contributed by atoms with van der Waals surface area (Å²) >= 11 is 6.06. The molecule has 3 atom stereocenters. The highest BCUT2D eigenvalue weighted by atomic mass is 35.5. The van der Waals surface area contributed by atoms with Crippen LogP contribution in [0.3, 0.4) is 0 Å². The Morgan fingerprint density at radius 2 is 1.71 bits per heavy atom. The minimum absolute atomic E-state index is 0.0703. The van der Waals surface area contributed by atoms with E-state index in [9.17, 15) is 19.1 Å². The molecule has 0 radical (unpaired) electrons. The van der Waals surface area contributed by atoms with Crippen molar-refractivity contribution in [3.05, 3.63) is 106 Å². The van der Waals surface area contributed by atoms with Crippen LogP contribution in [-0.2, 0) is 6.42 Å². The second-order valence-electron chi connectivity index (χ2n) is 9.22. The monoisotopic (exact) mass is 480 g/mol. The topological polar surface area (TPSA) is 56.0 Å². The zero-order valence-corrected chi connectivity index (χ0v) is 19.7. The fraction of sp³-hybridized carbons (Fsp3) is 0.321. The van der Waals surface area contributed by atoms with Crippen molar-refractivity contribution in [2.75, 3.05) is 0 Å². The van der Waals surface area contributed by atoms with E-state index in [-0.39, 0.29) is 12.0 Å². The SMILES string of the molecule is CC(NC(c1cc(F)cc(F)c1)C1(O)CCC1)C(Cc1ccc(Cl)cc1)c1cccc(C#N)c1. The van der Waals surface area contributed by atoms with Gasteiger partial charge in [-0.25, -0.2) is 8.78 Å². The third-order valence-corrected chi connectivity index (χ3v) is 7.07. The number of nitriles is 1. The highest BCUT2D eigenvalue weighted by Gasteiger charge is 2.44. The van der Waals surface area contributed by atoms with Crippen LogP contribution in [0, 0.1) is 23.0 Å². The van der Waals surface area contributed by atoms with Crippen molar-refractivity contribution in [1.29, 1.82) is 5.26 Å². The van der Waals surface area contributed by atoms with Crippen molar-refractivity contribution in [3.63, 3.8) is 0 Å². The lowest BCUT2D eigenvalue weighted by molar-refractivity contribution is -0.0695. The molecule has 1 aliphatic rings. The molecule has 4 rings (SSSR count). The molecule has 0 amide bonds. The zero-order valence-electron chi connectivity index (χ0n) is 18.9. The maximum Gasteiger partial charge on any atom is 0.126 e. The molecular formula is C28H27ClF2N2O. The van der Waals surface area contributed by atoms with Crippen molar-refractivity contribution >= 4 is 11.6 Å². The maximum atomic E-state index is 14.1. The molecule has 1 fully saturated rings. The number of halogens is 3. The van der Waals surface area contributed by atoms with Crippen molar-refractivity contribution in [2.24, 2.45) is 0 Å². The van der Waals surface area contributed by atoms with Gasteiger partial charge in [0.15, 0.2) is 0 Å². The van der Waals surface area contributed by atoms with Gasteiger partial charge in [-0.05, 0) is 85.7 Å². The molecule has 3 aromatic carbocycles. The summed E-state index contributed by atoms with van der Waals surface area (Å²) < 4.78 is 28.1. The van der Waals surface area contributed by atoms with Crippen molar-refractivity contribution in [2.45, 2.75) is 56.2 Å². The van der Waals surface area contributed by atoms with Crippen LogP contribution in [0.1, 0.15) is 60.4 Å². The molecule has 176 valence electrons. The van der Waals surface area contributed by atoms with E-state index in [0.29, 0.717) is 35.4 Å². The fourth-order valence-corrected chi connectivity index (χ4v) is 4.93. The van der Waals surface area contributed by atoms with E-state index >= 15 is 0 Å². The van der Waals surface area contributed by atoms with Crippen molar-refractivity contribution in [3.8, 4) is 6.07 Å². The molecule has 1 saturated carbocycles. The summed E-state index contributed by atoms with van der Waals surface area (Å²) in [6.07, 6.45) is 2.63. The molecule has 0 saturated heterocycles. The lowest BCUT2D eigenvalue weighted by Gasteiger charge is -2.45. The molecule has 3 aromatic rings. The molecule has 3 unspecified atom stereocenters. The van der Waals surface area contributed by atoms with E-state index in [4.69, 9.17) is 11.6 Å². The molecule has 0 spiro atoms. The average molecular weight is 481 g/mol. The van der Waals surface area contributed by atoms with Gasteiger partial charge in [0.1, 0.15) is 11.6 Å². The Hall–Kier alpha value is -2.78. The first kappa shape index (κ1) is 24.3. The second-order valence-corrected chi connectivity index (χ2v) is 9.66. The summed E-state index contributed by atoms with van der Waals surface area (Å²) in [5, 5.41) is 24.8. The Morgan fingerprint density at radius 3 is 2.29 bits per heavy atom. The summed E-state index contributed by atoms with van der Waals surface area (Å²) in [4.78, 5) is 0. The van der Waals surface area contributed by atoms with Crippen LogP contribution < -0.4 is 5.32 Å². The summed E-state index contributed by atoms with van der Waals surface area (Å²) in [5.41, 5.74) is 1.92. The minimum Gasteiger partial charge on any atom is -0.388 e. The number of aliphatic hydroxyl groups is 1. The molecule has 6 heteroatoms. The number of benzene rings is 3. The standard InChI is InChI=1S/C28H27ClF2N2O/c1-18(33-27(28(34)10-3-11-28)22-14-24(30)16-25(31)15-22)26(13-19-6-8-23(29)9-7-19)21-5-2-4-20(12-21)17-32/h2,4-9,12,14-16,18,26-27,33-34H,3,10-11,13H2,1H3. The molecule has 0 heterocycles. The van der Waals surface area contributed by atoms with Gasteiger partial charge in [-0.15, -0.1) is 0 Å². The Kier molecular flexibility index (Phi) is 7.33. The van der Waals surface area contributed by atoms with E-state index < -0.39 is 23.3 Å². The fourth-order valence-electron chi connectivity index (χ4n) is 4.81. The number of hydrogen-bond donors (Lipinski definition) is 2. The van der Waals surface area contributed by atoms with Gasteiger partial charge in [-0.2, -0.15) is 5.26 Å². The largest absolute Gasteiger partial charge is 0.388 e. The highest BCUT2D eigenvalue weighted by Crippen LogP contribution is 2.43. The molecule has 2 N–H and O–H groups in total. The first-order chi connectivity index (χ1) is 16.3. The van der Waals surface area contributed by atoms with Crippen LogP contribution in [0.4, 0.5) is 8.78 Å². The molecule has 0 bridgehead atoms. The second kappa shape index (κ2) is 10.2. The summed E-state index contributed by atoms with van der Waals surface area (Å²) in [6, 6.07) is 19.9. The van der Waals surface area contributed by atoms with Gasteiger partial charge < -0.3 is 10.4 Å². The predicted molar refractivity (Wildman–Crippen MR) is 130 cm³/mol. The van der Waals surface area contributed by atoms with E-state index in [2.05, 4.69) is 11.4 Å². The van der Waals surface area contributed by atoms with Crippen LogP contribution in [0.25, 0.3) is 0 Å². The summed E-state index contributed by atoms with van der Waals surface area (Å²) in [6.45, 7) is 2.00. The van der Waals surface area contributed by atoms with E-state index in [1.165, 1.54) is 12.1 Å². The molecule has 34 heavy (non-hydrogen) atoms. The Labute approximate surface area is 204 Å². The maximum absolute atomic E-state index is 14.1. The van der Waals surface area contributed by atoms with Crippen molar-refractivity contribution in [1.82, 2.24) is 5.32 Å². The first-order valence-corrected chi connectivity index (χ1v) is 11.8. The van der Waals surface area contributed by atoms with Gasteiger partial charge >= 0.3 is 0 Å². The molecule has 1 aliphatic carbocycles. The smallest absolute Gasteiger partial charge is 0.126 e. The van der Waals surface area contributed by atoms with Gasteiger partial charge in [0, 0.05) is 23.0 Å². The predicted octanol–water partition coefficient (Wildman–Crippen LogP) is 6.45. The van der Waals surface area contributed by atoms with Gasteiger partial charge in [-0.1, -0.05) is 35.9 Å². The first-order valence-electron chi connectivity index (χ1n) is 11.5. The minimum atomic E-state index is -1.08. The lowest BCUT2D eigenvalue weighted by Crippen LogP contribution is -2.52. The molecular weight excluding hydrogens is 454 g/mol. The highest BCUT2D eigenvalue weighted by molar-refractivity contribution is 6.30. The molecule has 3 nitrogen and oxygen atoms in total. The number of hydrogen-bond acceptors (Lipinski definition) is 3. The molecule has 0 aliphatic heterocycles. The van der Waals surface area contributed by atoms with Gasteiger partial charge in [0.2, 0.25) is 0 Å². The van der Waals surface area contributed by atoms with E-state index in [1.54, 1.807) is 6.07 Å². The number of rotatable bonds is 8. The zero-order chi connectivity index (χ0) is 24.3. The molecule has 0 aromatic heterocycles. The number of nitrogens with zero attached hydrogens (tertiary/aromatic N) is 1. The third-order valence-electron chi connectivity index (χ3n) is 6.82. The van der Waals surface area contributed by atoms with Gasteiger partial charge in [0.25, 0.3) is 0 Å². The van der Waals surface area contributed by atoms with Crippen molar-refractivity contribution < 1.29 is 13.9 Å². The Balaban J connectivity index is 1.69. The van der Waals surface area contributed by atoms with E-state index in [0.717, 1.165) is 23.6 Å². The Bertz CT molecular complexity index is 1170. The lowest BCUT2D eigenvalue weighted by atomic mass is 9.71. The summed E-state index contributed by atoms with van der Waals surface area (Å²) in [7, 11) is 0. The van der Waals surface area contributed by atoms with Crippen LogP contribution in [0.15, 0.2) is 66.7 Å². The Morgan fingerprint density at radius 1 is 1.03 bits per heavy atom. The average Bonchev–Trinajstić information content (AvgIpc) is 2.80. The van der Waals surface area contributed by atoms with Crippen LogP contribution in [0.2, 0.25) is 5.02 Å². The van der Waals surface area contributed by atoms with E-state index in [1.807, 2.05) is 49.4 Å². The van der Waals surface area contributed by atoms with Crippen LogP contribution in [0.5, 0.6) is 0 Å². The van der Waals surface area contributed by atoms with Gasteiger partial charge in [-0.3, -0.25) is 0 Å². The van der Waals surface area contributed by atoms with Gasteiger partial charge in [0.05, 0.1) is 23.3 Å². The third kappa shape index (κ3) is 5.47. The number of nitrogens with one attached hydrogen (secondary N) is 1. The van der Waals surface area contributed by atoms with Crippen LogP contribution >= 0.6 is 11.6 Å². The van der Waals surface area contributed by atoms with Crippen LogP contribution in [-0.4, -0.2) is 16.7 Å². The normalized spacial score (nSPS) is 17.3. The quantitative estimate of drug-likeness (QED) is 0.389.